The normalized spacial score (nSPS) is 25.6. The lowest BCUT2D eigenvalue weighted by molar-refractivity contribution is 0.0645. The summed E-state index contributed by atoms with van der Waals surface area (Å²) in [5, 5.41) is 0. The summed E-state index contributed by atoms with van der Waals surface area (Å²) < 4.78 is 1.20. The van der Waals surface area contributed by atoms with Gasteiger partial charge in [0.1, 0.15) is 0 Å². The molecule has 0 bridgehead atoms. The summed E-state index contributed by atoms with van der Waals surface area (Å²) >= 11 is 2.42. The van der Waals surface area contributed by atoms with Crippen LogP contribution in [0.15, 0.2) is 0 Å². The number of hydrogen-bond acceptors (Lipinski definition) is 1. The average molecular weight is 235 g/mol. The van der Waals surface area contributed by atoms with Gasteiger partial charge < -0.3 is 4.90 Å². The van der Waals surface area contributed by atoms with E-state index in [-0.39, 0.29) is 0 Å². The Labute approximate surface area is 71.7 Å². The fourth-order valence-electron chi connectivity index (χ4n) is 1.37. The highest BCUT2D eigenvalue weighted by Gasteiger charge is 2.37. The first-order valence-corrected chi connectivity index (χ1v) is 4.69. The molecule has 0 aromatic heterocycles. The zero-order chi connectivity index (χ0) is 6.91. The summed E-state index contributed by atoms with van der Waals surface area (Å²) in [6, 6.07) is 0. The number of nitrogens with zero attached hydrogens (tertiary/aromatic N) is 1. The van der Waals surface area contributed by atoms with E-state index in [1.165, 1.54) is 17.5 Å². The highest BCUT2D eigenvalue weighted by atomic mass is 127. The topological polar surface area (TPSA) is 3.24 Å². The molecule has 1 aliphatic heterocycles. The fourth-order valence-corrected chi connectivity index (χ4v) is 2.16. The summed E-state index contributed by atoms with van der Waals surface area (Å²) in [6.07, 6.45) is 0.847. The lowest BCUT2D eigenvalue weighted by atomic mass is 9.72. The predicted molar refractivity (Wildman–Crippen MR) is 49.4 cm³/mol. The molecule has 0 aromatic carbocycles. The van der Waals surface area contributed by atoms with Crippen LogP contribution in [0.3, 0.4) is 0 Å². The Hall–Kier alpha value is 0.755. The fraction of sp³-hybridized carbons (Fsp3) is 1.00. The predicted octanol–water partition coefficient (Wildman–Crippen LogP) is 0.940. The van der Waals surface area contributed by atoms with Gasteiger partial charge >= 0.3 is 0 Å². The SMILES string of the molecule is [B]CC1(CI)CN(C)C1. The van der Waals surface area contributed by atoms with Gasteiger partial charge in [0.2, 0.25) is 0 Å². The maximum absolute atomic E-state index is 5.61. The molecule has 9 heavy (non-hydrogen) atoms. The number of likely N-dealkylation sites (tertiary alicyclic amines) is 1. The van der Waals surface area contributed by atoms with Crippen LogP contribution in [0.2, 0.25) is 6.32 Å². The van der Waals surface area contributed by atoms with E-state index in [9.17, 15) is 0 Å². The Balaban J connectivity index is 2.36. The number of hydrogen-bond donors (Lipinski definition) is 0. The maximum atomic E-state index is 5.61. The molecule has 0 N–H and O–H groups in total. The Bertz CT molecular complexity index is 95.2. The molecule has 0 saturated carbocycles. The molecular weight excluding hydrogens is 224 g/mol. The van der Waals surface area contributed by atoms with Gasteiger partial charge in [-0.15, -0.1) is 0 Å². The lowest BCUT2D eigenvalue weighted by Gasteiger charge is -2.47. The summed E-state index contributed by atoms with van der Waals surface area (Å²) in [7, 11) is 7.75. The summed E-state index contributed by atoms with van der Waals surface area (Å²) in [5.74, 6) is 0. The van der Waals surface area contributed by atoms with Gasteiger partial charge in [-0.2, -0.15) is 0 Å². The molecule has 1 saturated heterocycles. The molecule has 1 rings (SSSR count). The third-order valence-electron chi connectivity index (χ3n) is 1.93. The van der Waals surface area contributed by atoms with E-state index in [2.05, 4.69) is 34.5 Å². The molecule has 0 aliphatic carbocycles. The summed E-state index contributed by atoms with van der Waals surface area (Å²) in [5.41, 5.74) is 0.468. The van der Waals surface area contributed by atoms with Crippen molar-refractivity contribution in [2.24, 2.45) is 5.41 Å². The highest BCUT2D eigenvalue weighted by molar-refractivity contribution is 14.1. The number of rotatable bonds is 2. The first kappa shape index (κ1) is 7.86. The van der Waals surface area contributed by atoms with Gasteiger partial charge in [-0.25, -0.2) is 0 Å². The van der Waals surface area contributed by atoms with Crippen molar-refractivity contribution >= 4 is 30.4 Å². The van der Waals surface area contributed by atoms with Crippen LogP contribution in [-0.2, 0) is 0 Å². The molecule has 50 valence electrons. The highest BCUT2D eigenvalue weighted by Crippen LogP contribution is 2.33. The zero-order valence-electron chi connectivity index (χ0n) is 5.73. The minimum atomic E-state index is 0.468. The second kappa shape index (κ2) is 2.78. The Morgan fingerprint density at radius 2 is 2.22 bits per heavy atom. The van der Waals surface area contributed by atoms with Crippen LogP contribution in [-0.4, -0.2) is 37.3 Å². The van der Waals surface area contributed by atoms with Crippen molar-refractivity contribution in [1.82, 2.24) is 4.90 Å². The van der Waals surface area contributed by atoms with Crippen LogP contribution >= 0.6 is 22.6 Å². The van der Waals surface area contributed by atoms with Gasteiger partial charge in [0.15, 0.2) is 0 Å². The number of alkyl halides is 1. The molecule has 1 heterocycles. The van der Waals surface area contributed by atoms with Crippen molar-refractivity contribution in [2.75, 3.05) is 24.6 Å². The third-order valence-corrected chi connectivity index (χ3v) is 3.55. The van der Waals surface area contributed by atoms with E-state index >= 15 is 0 Å². The first-order chi connectivity index (χ1) is 4.22. The zero-order valence-corrected chi connectivity index (χ0v) is 7.89. The molecule has 2 radical (unpaired) electrons. The average Bonchev–Trinajstić information content (AvgIpc) is 1.81. The van der Waals surface area contributed by atoms with E-state index in [0.29, 0.717) is 5.41 Å². The molecule has 1 aliphatic rings. The van der Waals surface area contributed by atoms with E-state index < -0.39 is 0 Å². The van der Waals surface area contributed by atoms with E-state index in [4.69, 9.17) is 7.85 Å². The maximum Gasteiger partial charge on any atom is 0.0662 e. The molecule has 1 nitrogen and oxygen atoms in total. The van der Waals surface area contributed by atoms with Gasteiger partial charge in [0.25, 0.3) is 0 Å². The number of halogens is 1. The van der Waals surface area contributed by atoms with E-state index in [0.717, 1.165) is 6.32 Å². The van der Waals surface area contributed by atoms with Crippen molar-refractivity contribution in [3.8, 4) is 0 Å². The monoisotopic (exact) mass is 235 g/mol. The van der Waals surface area contributed by atoms with Crippen LogP contribution in [0.1, 0.15) is 0 Å². The van der Waals surface area contributed by atoms with Crippen LogP contribution in [0.25, 0.3) is 0 Å². The van der Waals surface area contributed by atoms with Gasteiger partial charge in [-0.3, -0.25) is 0 Å². The van der Waals surface area contributed by atoms with Crippen LogP contribution < -0.4 is 0 Å². The Kier molecular flexibility index (Phi) is 2.43. The van der Waals surface area contributed by atoms with Gasteiger partial charge in [0, 0.05) is 17.5 Å². The van der Waals surface area contributed by atoms with Crippen molar-refractivity contribution in [3.05, 3.63) is 0 Å². The van der Waals surface area contributed by atoms with Crippen molar-refractivity contribution in [2.45, 2.75) is 6.32 Å². The minimum Gasteiger partial charge on any atom is -0.305 e. The van der Waals surface area contributed by atoms with Gasteiger partial charge in [-0.1, -0.05) is 28.9 Å². The van der Waals surface area contributed by atoms with Crippen LogP contribution in [0, 0.1) is 5.41 Å². The molecular formula is C6H11BIN. The van der Waals surface area contributed by atoms with Crippen LogP contribution in [0.4, 0.5) is 0 Å². The largest absolute Gasteiger partial charge is 0.305 e. The van der Waals surface area contributed by atoms with Crippen molar-refractivity contribution < 1.29 is 0 Å². The summed E-state index contributed by atoms with van der Waals surface area (Å²) in [6.45, 7) is 2.37. The molecule has 0 spiro atoms. The molecule has 3 heteroatoms. The standard InChI is InChI=1S/C6H11BIN/c1-9-4-6(2-7,3-8)5-9/h2-5H2,1H3. The quantitative estimate of drug-likeness (QED) is 0.391. The Morgan fingerprint density at radius 1 is 1.67 bits per heavy atom. The lowest BCUT2D eigenvalue weighted by Crippen LogP contribution is -2.54. The molecule has 0 amide bonds. The van der Waals surface area contributed by atoms with Gasteiger partial charge in [0.05, 0.1) is 7.85 Å². The van der Waals surface area contributed by atoms with Crippen LogP contribution in [0.5, 0.6) is 0 Å². The molecule has 0 aromatic rings. The van der Waals surface area contributed by atoms with E-state index in [1.807, 2.05) is 0 Å². The second-order valence-corrected chi connectivity index (χ2v) is 3.77. The molecule has 1 fully saturated rings. The Morgan fingerprint density at radius 3 is 2.33 bits per heavy atom. The minimum absolute atomic E-state index is 0.468. The second-order valence-electron chi connectivity index (χ2n) is 3.01. The van der Waals surface area contributed by atoms with Crippen molar-refractivity contribution in [3.63, 3.8) is 0 Å². The third kappa shape index (κ3) is 1.42. The van der Waals surface area contributed by atoms with Gasteiger partial charge in [-0.05, 0) is 12.5 Å². The molecule has 0 atom stereocenters. The smallest absolute Gasteiger partial charge is 0.0662 e. The first-order valence-electron chi connectivity index (χ1n) is 3.17. The molecule has 0 unspecified atom stereocenters. The van der Waals surface area contributed by atoms with E-state index in [1.54, 1.807) is 0 Å². The van der Waals surface area contributed by atoms with Crippen molar-refractivity contribution in [1.29, 1.82) is 0 Å². The summed E-state index contributed by atoms with van der Waals surface area (Å²) in [4.78, 5) is 2.31.